The molecule has 134 valence electrons. The second-order valence-corrected chi connectivity index (χ2v) is 5.78. The zero-order chi connectivity index (χ0) is 18.5. The van der Waals surface area contributed by atoms with Crippen molar-refractivity contribution in [1.82, 2.24) is 15.3 Å². The minimum atomic E-state index is -0.725. The van der Waals surface area contributed by atoms with E-state index < -0.39 is 11.6 Å². The first-order valence-electron chi connectivity index (χ1n) is 8.13. The van der Waals surface area contributed by atoms with Crippen molar-refractivity contribution >= 4 is 5.91 Å². The summed E-state index contributed by atoms with van der Waals surface area (Å²) < 4.78 is 32.9. The van der Waals surface area contributed by atoms with Crippen LogP contribution in [0.15, 0.2) is 53.3 Å². The Kier molecular flexibility index (Phi) is 5.36. The van der Waals surface area contributed by atoms with Crippen molar-refractivity contribution < 1.29 is 18.0 Å². The number of amides is 1. The molecular weight excluding hydrogens is 340 g/mol. The average Bonchev–Trinajstić information content (AvgIpc) is 3.09. The summed E-state index contributed by atoms with van der Waals surface area (Å²) in [7, 11) is 0. The largest absolute Gasteiger partial charge is 0.441 e. The molecule has 1 atom stereocenters. The van der Waals surface area contributed by atoms with Crippen LogP contribution in [0.5, 0.6) is 0 Å². The molecule has 0 unspecified atom stereocenters. The summed E-state index contributed by atoms with van der Waals surface area (Å²) in [5.74, 6) is -1.38. The Labute approximate surface area is 149 Å². The summed E-state index contributed by atoms with van der Waals surface area (Å²) >= 11 is 0. The number of halogens is 2. The lowest BCUT2D eigenvalue weighted by molar-refractivity contribution is -0.121. The number of rotatable bonds is 6. The highest BCUT2D eigenvalue weighted by Crippen LogP contribution is 2.26. The number of pyridine rings is 1. The van der Waals surface area contributed by atoms with Crippen LogP contribution in [0.1, 0.15) is 30.8 Å². The van der Waals surface area contributed by atoms with Gasteiger partial charge in [0.1, 0.15) is 11.6 Å². The van der Waals surface area contributed by atoms with Gasteiger partial charge in [-0.1, -0.05) is 6.07 Å². The number of hydrogen-bond acceptors (Lipinski definition) is 4. The minimum absolute atomic E-state index is 0.00108. The molecule has 1 aromatic carbocycles. The molecule has 26 heavy (non-hydrogen) atoms. The van der Waals surface area contributed by atoms with E-state index in [4.69, 9.17) is 4.42 Å². The molecule has 7 heteroatoms. The number of aryl methyl sites for hydroxylation is 1. The third-order valence-electron chi connectivity index (χ3n) is 3.91. The quantitative estimate of drug-likeness (QED) is 0.728. The van der Waals surface area contributed by atoms with Gasteiger partial charge in [0.25, 0.3) is 0 Å². The molecule has 5 nitrogen and oxygen atoms in total. The van der Waals surface area contributed by atoms with Crippen LogP contribution in [-0.4, -0.2) is 15.9 Å². The fourth-order valence-electron chi connectivity index (χ4n) is 2.54. The third-order valence-corrected chi connectivity index (χ3v) is 3.91. The number of nitrogens with one attached hydrogen (secondary N) is 1. The predicted molar refractivity (Wildman–Crippen MR) is 91.0 cm³/mol. The van der Waals surface area contributed by atoms with Crippen LogP contribution < -0.4 is 5.32 Å². The van der Waals surface area contributed by atoms with Gasteiger partial charge in [-0.05, 0) is 36.8 Å². The van der Waals surface area contributed by atoms with E-state index in [0.29, 0.717) is 0 Å². The van der Waals surface area contributed by atoms with Gasteiger partial charge in [-0.2, -0.15) is 0 Å². The zero-order valence-electron chi connectivity index (χ0n) is 14.1. The molecule has 0 radical (unpaired) electrons. The molecule has 0 aliphatic carbocycles. The summed E-state index contributed by atoms with van der Waals surface area (Å²) in [5, 5.41) is 2.87. The topological polar surface area (TPSA) is 68.0 Å². The second-order valence-electron chi connectivity index (χ2n) is 5.78. The van der Waals surface area contributed by atoms with E-state index in [9.17, 15) is 13.6 Å². The Balaban J connectivity index is 1.59. The van der Waals surface area contributed by atoms with Gasteiger partial charge in [0, 0.05) is 25.2 Å². The van der Waals surface area contributed by atoms with Crippen molar-refractivity contribution in [3.63, 3.8) is 0 Å². The number of nitrogens with zero attached hydrogens (tertiary/aromatic N) is 2. The maximum atomic E-state index is 13.8. The molecule has 0 spiro atoms. The molecule has 1 amide bonds. The van der Waals surface area contributed by atoms with Crippen LogP contribution in [0.3, 0.4) is 0 Å². The van der Waals surface area contributed by atoms with Gasteiger partial charge in [-0.25, -0.2) is 13.8 Å². The van der Waals surface area contributed by atoms with Crippen molar-refractivity contribution in [2.75, 3.05) is 0 Å². The molecule has 0 bridgehead atoms. The minimum Gasteiger partial charge on any atom is -0.441 e. The molecule has 1 N–H and O–H groups in total. The fourth-order valence-corrected chi connectivity index (χ4v) is 2.54. The van der Waals surface area contributed by atoms with Crippen LogP contribution in [-0.2, 0) is 11.2 Å². The standard InChI is InChI=1S/C19H17F2N3O2/c1-12(13-7-9-22-10-8-13)24-17(25)5-6-18-23-11-16(26-18)19-14(20)3-2-4-15(19)21/h2-4,7-12H,5-6H2,1H3,(H,24,25)/t12-/m1/s1. The van der Waals surface area contributed by atoms with Gasteiger partial charge in [-0.3, -0.25) is 9.78 Å². The molecule has 0 aliphatic heterocycles. The highest BCUT2D eigenvalue weighted by molar-refractivity contribution is 5.76. The molecule has 0 fully saturated rings. The third kappa shape index (κ3) is 4.11. The van der Waals surface area contributed by atoms with Crippen molar-refractivity contribution in [3.05, 3.63) is 72.0 Å². The predicted octanol–water partition coefficient (Wildman–Crippen LogP) is 3.82. The first-order valence-corrected chi connectivity index (χ1v) is 8.13. The van der Waals surface area contributed by atoms with Gasteiger partial charge in [0.15, 0.2) is 11.7 Å². The number of benzene rings is 1. The maximum Gasteiger partial charge on any atom is 0.220 e. The summed E-state index contributed by atoms with van der Waals surface area (Å²) in [4.78, 5) is 20.0. The van der Waals surface area contributed by atoms with Crippen LogP contribution in [0.2, 0.25) is 0 Å². The number of aromatic nitrogens is 2. The van der Waals surface area contributed by atoms with E-state index in [1.165, 1.54) is 12.3 Å². The monoisotopic (exact) mass is 357 g/mol. The van der Waals surface area contributed by atoms with E-state index in [1.807, 2.05) is 19.1 Å². The lowest BCUT2D eigenvalue weighted by Gasteiger charge is -2.13. The summed E-state index contributed by atoms with van der Waals surface area (Å²) in [5.41, 5.74) is 0.684. The van der Waals surface area contributed by atoms with Crippen molar-refractivity contribution in [1.29, 1.82) is 0 Å². The summed E-state index contributed by atoms with van der Waals surface area (Å²) in [6.45, 7) is 1.87. The Hall–Kier alpha value is -3.09. The maximum absolute atomic E-state index is 13.8. The van der Waals surface area contributed by atoms with E-state index in [0.717, 1.165) is 17.7 Å². The van der Waals surface area contributed by atoms with E-state index >= 15 is 0 Å². The Morgan fingerprint density at radius 2 is 1.88 bits per heavy atom. The Morgan fingerprint density at radius 3 is 2.58 bits per heavy atom. The molecule has 2 heterocycles. The number of hydrogen-bond donors (Lipinski definition) is 1. The first kappa shape index (κ1) is 17.7. The lowest BCUT2D eigenvalue weighted by atomic mass is 10.1. The molecule has 0 saturated heterocycles. The smallest absolute Gasteiger partial charge is 0.220 e. The Morgan fingerprint density at radius 1 is 1.19 bits per heavy atom. The second kappa shape index (κ2) is 7.86. The average molecular weight is 357 g/mol. The van der Waals surface area contributed by atoms with Gasteiger partial charge < -0.3 is 9.73 Å². The molecule has 2 aromatic heterocycles. The SMILES string of the molecule is C[C@@H](NC(=O)CCc1ncc(-c2c(F)cccc2F)o1)c1ccncc1. The molecular formula is C19H17F2N3O2. The normalized spacial score (nSPS) is 12.0. The molecule has 3 aromatic rings. The highest BCUT2D eigenvalue weighted by Gasteiger charge is 2.16. The summed E-state index contributed by atoms with van der Waals surface area (Å²) in [6.07, 6.45) is 4.96. The van der Waals surface area contributed by atoms with Gasteiger partial charge in [-0.15, -0.1) is 0 Å². The fraction of sp³-hybridized carbons (Fsp3) is 0.211. The zero-order valence-corrected chi connectivity index (χ0v) is 14.1. The first-order chi connectivity index (χ1) is 12.5. The molecule has 0 aliphatic rings. The van der Waals surface area contributed by atoms with Crippen LogP contribution in [0.4, 0.5) is 8.78 Å². The number of oxazole rings is 1. The molecule has 3 rings (SSSR count). The highest BCUT2D eigenvalue weighted by atomic mass is 19.1. The van der Waals surface area contributed by atoms with E-state index in [-0.39, 0.29) is 42.0 Å². The number of carbonyl (C=O) groups is 1. The lowest BCUT2D eigenvalue weighted by Crippen LogP contribution is -2.26. The van der Waals surface area contributed by atoms with Gasteiger partial charge in [0.05, 0.1) is 17.8 Å². The van der Waals surface area contributed by atoms with E-state index in [1.54, 1.807) is 12.4 Å². The summed E-state index contributed by atoms with van der Waals surface area (Å²) in [6, 6.07) is 7.07. The van der Waals surface area contributed by atoms with Crippen LogP contribution >= 0.6 is 0 Å². The Bertz CT molecular complexity index is 877. The van der Waals surface area contributed by atoms with Crippen LogP contribution in [0, 0.1) is 11.6 Å². The molecule has 0 saturated carbocycles. The van der Waals surface area contributed by atoms with Crippen molar-refractivity contribution in [3.8, 4) is 11.3 Å². The van der Waals surface area contributed by atoms with Crippen molar-refractivity contribution in [2.45, 2.75) is 25.8 Å². The van der Waals surface area contributed by atoms with Gasteiger partial charge in [0.2, 0.25) is 5.91 Å². The van der Waals surface area contributed by atoms with Gasteiger partial charge >= 0.3 is 0 Å². The van der Waals surface area contributed by atoms with E-state index in [2.05, 4.69) is 15.3 Å². The number of carbonyl (C=O) groups excluding carboxylic acids is 1. The van der Waals surface area contributed by atoms with Crippen LogP contribution in [0.25, 0.3) is 11.3 Å². The van der Waals surface area contributed by atoms with Crippen molar-refractivity contribution in [2.24, 2.45) is 0 Å².